The van der Waals surface area contributed by atoms with Gasteiger partial charge in [-0.25, -0.2) is 24.9 Å². The molecule has 0 amide bonds. The lowest BCUT2D eigenvalue weighted by Gasteiger charge is -2.19. The number of aldehydes is 1. The topological polar surface area (TPSA) is 178 Å². The third-order valence-electron chi connectivity index (χ3n) is 5.65. The molecule has 0 radical (unpaired) electrons. The number of aryl methyl sites for hydroxylation is 1. The Labute approximate surface area is 237 Å². The van der Waals surface area contributed by atoms with E-state index in [1.54, 1.807) is 28.8 Å². The molecule has 0 saturated heterocycles. The molecule has 0 spiro atoms. The van der Waals surface area contributed by atoms with Crippen LogP contribution in [0.4, 0.5) is 11.6 Å². The van der Waals surface area contributed by atoms with E-state index < -0.39 is 6.04 Å². The van der Waals surface area contributed by atoms with Crippen LogP contribution in [0.5, 0.6) is 0 Å². The van der Waals surface area contributed by atoms with Gasteiger partial charge in [0, 0.05) is 11.9 Å². The van der Waals surface area contributed by atoms with Crippen molar-refractivity contribution in [3.63, 3.8) is 0 Å². The second kappa shape index (κ2) is 12.2. The average Bonchev–Trinajstić information content (AvgIpc) is 2.94. The van der Waals surface area contributed by atoms with Gasteiger partial charge in [-0.15, -0.1) is 0 Å². The molecule has 5 aromatic heterocycles. The monoisotopic (exact) mass is 574 g/mol. The van der Waals surface area contributed by atoms with Gasteiger partial charge in [0.25, 0.3) is 5.56 Å². The van der Waals surface area contributed by atoms with Crippen molar-refractivity contribution in [2.45, 2.75) is 19.9 Å². The Balaban J connectivity index is 0.000000312. The molecule has 14 heteroatoms. The molecule has 0 aliphatic carbocycles. The van der Waals surface area contributed by atoms with Crippen LogP contribution in [-0.2, 0) is 0 Å². The summed E-state index contributed by atoms with van der Waals surface area (Å²) >= 11 is 10.9. The van der Waals surface area contributed by atoms with E-state index in [-0.39, 0.29) is 38.6 Å². The first-order valence-corrected chi connectivity index (χ1v) is 12.3. The molecule has 40 heavy (non-hydrogen) atoms. The molecule has 0 saturated carbocycles. The largest absolute Gasteiger partial charge is 0.382 e. The van der Waals surface area contributed by atoms with E-state index in [1.807, 2.05) is 38.1 Å². The average molecular weight is 575 g/mol. The number of hydrogen-bond donors (Lipinski definition) is 2. The molecular formula is C26H20Cl2N10O2. The number of nitriles is 1. The molecule has 5 aromatic rings. The predicted molar refractivity (Wildman–Crippen MR) is 150 cm³/mol. The van der Waals surface area contributed by atoms with Gasteiger partial charge < -0.3 is 11.1 Å². The fourth-order valence-corrected chi connectivity index (χ4v) is 4.17. The Hall–Kier alpha value is -4.99. The van der Waals surface area contributed by atoms with Gasteiger partial charge in [0.1, 0.15) is 51.9 Å². The fourth-order valence-electron chi connectivity index (χ4n) is 3.76. The minimum atomic E-state index is -0.471. The number of pyridine rings is 2. The zero-order chi connectivity index (χ0) is 28.8. The van der Waals surface area contributed by atoms with Gasteiger partial charge in [-0.05, 0) is 38.1 Å². The maximum absolute atomic E-state index is 13.5. The Morgan fingerprint density at radius 1 is 1.05 bits per heavy atom. The third-order valence-corrected chi connectivity index (χ3v) is 6.25. The molecule has 5 heterocycles. The second-order valence-electron chi connectivity index (χ2n) is 8.20. The fraction of sp³-hybridized carbons (Fsp3) is 0.115. The van der Waals surface area contributed by atoms with Crippen LogP contribution in [0.25, 0.3) is 16.9 Å². The van der Waals surface area contributed by atoms with E-state index >= 15 is 0 Å². The van der Waals surface area contributed by atoms with E-state index in [4.69, 9.17) is 33.9 Å². The summed E-state index contributed by atoms with van der Waals surface area (Å²) in [7, 11) is 0. The maximum Gasteiger partial charge on any atom is 0.267 e. The Kier molecular flexibility index (Phi) is 8.58. The van der Waals surface area contributed by atoms with Crippen molar-refractivity contribution in [3.8, 4) is 17.3 Å². The quantitative estimate of drug-likeness (QED) is 0.228. The summed E-state index contributed by atoms with van der Waals surface area (Å²) in [5, 5.41) is 12.7. The lowest BCUT2D eigenvalue weighted by molar-refractivity contribution is 0.112. The molecule has 0 bridgehead atoms. The number of nitrogen functional groups attached to an aromatic ring is 1. The highest BCUT2D eigenvalue weighted by molar-refractivity contribution is 6.36. The Morgan fingerprint density at radius 3 is 2.40 bits per heavy atom. The van der Waals surface area contributed by atoms with Gasteiger partial charge in [-0.1, -0.05) is 35.3 Å². The highest BCUT2D eigenvalue weighted by Gasteiger charge is 2.22. The number of rotatable bonds is 5. The normalized spacial score (nSPS) is 11.2. The first-order chi connectivity index (χ1) is 19.3. The molecular weight excluding hydrogens is 555 g/mol. The number of fused-ring (bicyclic) bond motifs is 1. The summed E-state index contributed by atoms with van der Waals surface area (Å²) in [4.78, 5) is 47.8. The van der Waals surface area contributed by atoms with Crippen LogP contribution in [0, 0.1) is 18.3 Å². The van der Waals surface area contributed by atoms with Crippen molar-refractivity contribution in [1.29, 1.82) is 5.26 Å². The lowest BCUT2D eigenvalue weighted by Crippen LogP contribution is -2.25. The standard InChI is InChI=1S/C21H18N8O.C5H2Cl2N2O/c1-12-6-5-8-16-28-18(13(2)27-20-14(10-22)19(23)25-11-26-20)17(21(30)29(12)16)15-7-3-4-9-24-15;6-4-3(1-10)5(7)9-2-8-4/h3-9,11,13H,1-2H3,(H3,23,25,26,27);1-2H/t13-;/m1./s1. The molecule has 0 unspecified atom stereocenters. The number of nitrogens with one attached hydrogen (secondary N) is 1. The molecule has 1 atom stereocenters. The summed E-state index contributed by atoms with van der Waals surface area (Å²) in [6, 6.07) is 12.4. The van der Waals surface area contributed by atoms with E-state index in [0.717, 1.165) is 5.69 Å². The van der Waals surface area contributed by atoms with Crippen LogP contribution < -0.4 is 16.6 Å². The van der Waals surface area contributed by atoms with Crippen molar-refractivity contribution in [2.24, 2.45) is 0 Å². The number of carbonyl (C=O) groups excluding carboxylic acids is 1. The molecule has 0 aliphatic rings. The molecule has 0 aliphatic heterocycles. The number of nitrogens with zero attached hydrogens (tertiary/aromatic N) is 8. The smallest absolute Gasteiger partial charge is 0.267 e. The third kappa shape index (κ3) is 5.70. The maximum atomic E-state index is 13.5. The van der Waals surface area contributed by atoms with Crippen molar-refractivity contribution in [3.05, 3.63) is 98.4 Å². The Morgan fingerprint density at radius 2 is 1.77 bits per heavy atom. The lowest BCUT2D eigenvalue weighted by atomic mass is 10.1. The van der Waals surface area contributed by atoms with Gasteiger partial charge in [0.15, 0.2) is 6.29 Å². The first-order valence-electron chi connectivity index (χ1n) is 11.6. The van der Waals surface area contributed by atoms with E-state index in [0.29, 0.717) is 28.9 Å². The number of aromatic nitrogens is 7. The zero-order valence-corrected chi connectivity index (χ0v) is 22.6. The minimum absolute atomic E-state index is 0.0781. The zero-order valence-electron chi connectivity index (χ0n) is 21.1. The molecule has 5 rings (SSSR count). The number of hydrogen-bond acceptors (Lipinski definition) is 11. The van der Waals surface area contributed by atoms with E-state index in [2.05, 4.69) is 30.2 Å². The van der Waals surface area contributed by atoms with Crippen molar-refractivity contribution in [1.82, 2.24) is 34.3 Å². The highest BCUT2D eigenvalue weighted by Crippen LogP contribution is 2.27. The summed E-state index contributed by atoms with van der Waals surface area (Å²) in [5.74, 6) is 0.352. The molecule has 200 valence electrons. The van der Waals surface area contributed by atoms with Crippen LogP contribution in [0.1, 0.15) is 40.3 Å². The van der Waals surface area contributed by atoms with Gasteiger partial charge in [0.05, 0.1) is 28.6 Å². The van der Waals surface area contributed by atoms with Gasteiger partial charge in [0.2, 0.25) is 0 Å². The van der Waals surface area contributed by atoms with Gasteiger partial charge in [-0.3, -0.25) is 19.0 Å². The van der Waals surface area contributed by atoms with E-state index in [9.17, 15) is 14.9 Å². The van der Waals surface area contributed by atoms with Crippen LogP contribution in [0.15, 0.2) is 60.0 Å². The highest BCUT2D eigenvalue weighted by atomic mass is 35.5. The number of nitrogens with two attached hydrogens (primary N) is 1. The van der Waals surface area contributed by atoms with Crippen molar-refractivity contribution >= 4 is 46.8 Å². The second-order valence-corrected chi connectivity index (χ2v) is 8.92. The summed E-state index contributed by atoms with van der Waals surface area (Å²) in [5.41, 5.74) is 8.51. The van der Waals surface area contributed by atoms with Gasteiger partial charge in [-0.2, -0.15) is 5.26 Å². The van der Waals surface area contributed by atoms with Crippen LogP contribution >= 0.6 is 23.2 Å². The van der Waals surface area contributed by atoms with Crippen LogP contribution in [0.3, 0.4) is 0 Å². The molecule has 0 fully saturated rings. The summed E-state index contributed by atoms with van der Waals surface area (Å²) in [6.45, 7) is 3.68. The number of halogens is 2. The van der Waals surface area contributed by atoms with Crippen molar-refractivity contribution < 1.29 is 4.79 Å². The van der Waals surface area contributed by atoms with Crippen LogP contribution in [0.2, 0.25) is 10.3 Å². The molecule has 12 nitrogen and oxygen atoms in total. The number of anilines is 2. The number of carbonyl (C=O) groups is 1. The molecule has 0 aromatic carbocycles. The van der Waals surface area contributed by atoms with Crippen LogP contribution in [-0.4, -0.2) is 40.6 Å². The minimum Gasteiger partial charge on any atom is -0.382 e. The first kappa shape index (κ1) is 28.0. The molecule has 3 N–H and O–H groups in total. The predicted octanol–water partition coefficient (Wildman–Crippen LogP) is 4.08. The summed E-state index contributed by atoms with van der Waals surface area (Å²) < 4.78 is 1.56. The Bertz CT molecular complexity index is 1790. The van der Waals surface area contributed by atoms with Gasteiger partial charge >= 0.3 is 0 Å². The SMILES string of the molecule is Cc1cccc2nc([C@@H](C)Nc3ncnc(N)c3C#N)c(-c3ccccn3)c(=O)n12.O=Cc1c(Cl)ncnc1Cl. The van der Waals surface area contributed by atoms with E-state index in [1.165, 1.54) is 12.7 Å². The summed E-state index contributed by atoms with van der Waals surface area (Å²) in [6.07, 6.45) is 4.61. The van der Waals surface area contributed by atoms with Crippen molar-refractivity contribution in [2.75, 3.05) is 11.1 Å².